The molecule has 0 saturated heterocycles. The van der Waals surface area contributed by atoms with Crippen molar-refractivity contribution >= 4 is 6.47 Å². The SMILES string of the molecule is CCCCCCC(CCCC)COC=O. The zero-order valence-corrected chi connectivity index (χ0v) is 10.3. The van der Waals surface area contributed by atoms with Crippen molar-refractivity contribution < 1.29 is 9.53 Å². The maximum Gasteiger partial charge on any atom is 0.293 e. The van der Waals surface area contributed by atoms with Crippen LogP contribution >= 0.6 is 0 Å². The van der Waals surface area contributed by atoms with Crippen LogP contribution in [0.5, 0.6) is 0 Å². The van der Waals surface area contributed by atoms with E-state index in [4.69, 9.17) is 4.74 Å². The molecule has 0 spiro atoms. The molecular weight excluding hydrogens is 188 g/mol. The zero-order valence-electron chi connectivity index (χ0n) is 10.3. The maximum absolute atomic E-state index is 10.1. The van der Waals surface area contributed by atoms with E-state index in [0.29, 0.717) is 19.0 Å². The number of carbonyl (C=O) groups is 1. The molecule has 0 aliphatic carbocycles. The summed E-state index contributed by atoms with van der Waals surface area (Å²) in [5.41, 5.74) is 0. The van der Waals surface area contributed by atoms with Crippen molar-refractivity contribution in [3.63, 3.8) is 0 Å². The molecule has 0 saturated carbocycles. The molecule has 0 radical (unpaired) electrons. The Morgan fingerprint density at radius 1 is 1.00 bits per heavy atom. The summed E-state index contributed by atoms with van der Waals surface area (Å²) in [6.45, 7) is 5.62. The van der Waals surface area contributed by atoms with E-state index in [1.54, 1.807) is 0 Å². The van der Waals surface area contributed by atoms with Crippen LogP contribution in [0.25, 0.3) is 0 Å². The van der Waals surface area contributed by atoms with Gasteiger partial charge in [0.25, 0.3) is 6.47 Å². The number of carbonyl (C=O) groups excluding carboxylic acids is 1. The second-order valence-electron chi connectivity index (χ2n) is 4.29. The quantitative estimate of drug-likeness (QED) is 0.385. The Morgan fingerprint density at radius 2 is 1.67 bits per heavy atom. The molecule has 2 heteroatoms. The lowest BCUT2D eigenvalue weighted by atomic mass is 9.96. The largest absolute Gasteiger partial charge is 0.468 e. The summed E-state index contributed by atoms with van der Waals surface area (Å²) in [6.07, 6.45) is 10.1. The molecule has 15 heavy (non-hydrogen) atoms. The Kier molecular flexibility index (Phi) is 11.1. The van der Waals surface area contributed by atoms with Crippen LogP contribution in [0.3, 0.4) is 0 Å². The summed E-state index contributed by atoms with van der Waals surface area (Å²) < 4.78 is 4.87. The van der Waals surface area contributed by atoms with Gasteiger partial charge < -0.3 is 4.74 Å². The molecule has 0 aromatic heterocycles. The van der Waals surface area contributed by atoms with Crippen LogP contribution in [0.1, 0.15) is 65.2 Å². The van der Waals surface area contributed by atoms with E-state index in [1.807, 2.05) is 0 Å². The molecule has 0 aromatic rings. The molecule has 90 valence electrons. The van der Waals surface area contributed by atoms with Crippen LogP contribution in [0.2, 0.25) is 0 Å². The van der Waals surface area contributed by atoms with Gasteiger partial charge in [0.15, 0.2) is 0 Å². The van der Waals surface area contributed by atoms with E-state index in [-0.39, 0.29) is 0 Å². The topological polar surface area (TPSA) is 26.3 Å². The molecule has 0 aliphatic heterocycles. The Morgan fingerprint density at radius 3 is 2.27 bits per heavy atom. The first kappa shape index (κ1) is 14.5. The smallest absolute Gasteiger partial charge is 0.293 e. The predicted octanol–water partition coefficient (Wildman–Crippen LogP) is 3.94. The van der Waals surface area contributed by atoms with Crippen molar-refractivity contribution in [3.8, 4) is 0 Å². The minimum absolute atomic E-state index is 0.574. The molecule has 0 bridgehead atoms. The summed E-state index contributed by atoms with van der Waals surface area (Å²) >= 11 is 0. The van der Waals surface area contributed by atoms with Gasteiger partial charge in [-0.3, -0.25) is 4.79 Å². The van der Waals surface area contributed by atoms with E-state index in [1.165, 1.54) is 51.4 Å². The van der Waals surface area contributed by atoms with Gasteiger partial charge in [-0.2, -0.15) is 0 Å². The molecule has 0 aromatic carbocycles. The van der Waals surface area contributed by atoms with Gasteiger partial charge in [0.2, 0.25) is 0 Å². The lowest BCUT2D eigenvalue weighted by Crippen LogP contribution is -2.09. The van der Waals surface area contributed by atoms with Gasteiger partial charge >= 0.3 is 0 Å². The van der Waals surface area contributed by atoms with Crippen molar-refractivity contribution in [2.24, 2.45) is 5.92 Å². The summed E-state index contributed by atoms with van der Waals surface area (Å²) in [5.74, 6) is 0.590. The molecule has 0 heterocycles. The minimum Gasteiger partial charge on any atom is -0.468 e. The molecule has 1 unspecified atom stereocenters. The number of hydrogen-bond acceptors (Lipinski definition) is 2. The van der Waals surface area contributed by atoms with Gasteiger partial charge in [-0.15, -0.1) is 0 Å². The third-order valence-electron chi connectivity index (χ3n) is 2.83. The van der Waals surface area contributed by atoms with Gasteiger partial charge in [0.05, 0.1) is 6.61 Å². The fraction of sp³-hybridized carbons (Fsp3) is 0.923. The van der Waals surface area contributed by atoms with Crippen molar-refractivity contribution in [2.75, 3.05) is 6.61 Å². The average molecular weight is 214 g/mol. The van der Waals surface area contributed by atoms with E-state index in [0.717, 1.165) is 0 Å². The van der Waals surface area contributed by atoms with E-state index < -0.39 is 0 Å². The third-order valence-corrected chi connectivity index (χ3v) is 2.83. The highest BCUT2D eigenvalue weighted by molar-refractivity contribution is 5.36. The Hall–Kier alpha value is -0.530. The molecular formula is C13H26O2. The summed E-state index contributed by atoms with van der Waals surface area (Å²) in [4.78, 5) is 10.1. The molecule has 1 atom stereocenters. The van der Waals surface area contributed by atoms with Crippen LogP contribution in [0, 0.1) is 5.92 Å². The van der Waals surface area contributed by atoms with Crippen LogP contribution in [-0.4, -0.2) is 13.1 Å². The monoisotopic (exact) mass is 214 g/mol. The molecule has 2 nitrogen and oxygen atoms in total. The fourth-order valence-corrected chi connectivity index (χ4v) is 1.84. The summed E-state index contributed by atoms with van der Waals surface area (Å²) in [6, 6.07) is 0. The second-order valence-corrected chi connectivity index (χ2v) is 4.29. The number of hydrogen-bond donors (Lipinski definition) is 0. The van der Waals surface area contributed by atoms with Gasteiger partial charge in [0, 0.05) is 0 Å². The Labute approximate surface area is 94.4 Å². The lowest BCUT2D eigenvalue weighted by molar-refractivity contribution is -0.130. The summed E-state index contributed by atoms with van der Waals surface area (Å²) in [5, 5.41) is 0. The second kappa shape index (κ2) is 11.5. The third kappa shape index (κ3) is 9.77. The molecule has 0 aliphatic rings. The average Bonchev–Trinajstić information content (AvgIpc) is 2.27. The van der Waals surface area contributed by atoms with Gasteiger partial charge in [-0.05, 0) is 18.8 Å². The lowest BCUT2D eigenvalue weighted by Gasteiger charge is -2.14. The summed E-state index contributed by atoms with van der Waals surface area (Å²) in [7, 11) is 0. The molecule has 0 fully saturated rings. The normalized spacial score (nSPS) is 12.4. The van der Waals surface area contributed by atoms with Crippen molar-refractivity contribution in [1.29, 1.82) is 0 Å². The zero-order chi connectivity index (χ0) is 11.4. The number of ether oxygens (including phenoxy) is 1. The van der Waals surface area contributed by atoms with Gasteiger partial charge in [-0.1, -0.05) is 52.4 Å². The highest BCUT2D eigenvalue weighted by Gasteiger charge is 2.08. The first-order chi connectivity index (χ1) is 7.35. The first-order valence-electron chi connectivity index (χ1n) is 6.40. The maximum atomic E-state index is 10.1. The number of unbranched alkanes of at least 4 members (excludes halogenated alkanes) is 4. The van der Waals surface area contributed by atoms with E-state index in [2.05, 4.69) is 13.8 Å². The van der Waals surface area contributed by atoms with Gasteiger partial charge in [0.1, 0.15) is 0 Å². The first-order valence-corrected chi connectivity index (χ1v) is 6.40. The van der Waals surface area contributed by atoms with Crippen molar-refractivity contribution in [1.82, 2.24) is 0 Å². The van der Waals surface area contributed by atoms with Crippen LogP contribution in [0.15, 0.2) is 0 Å². The van der Waals surface area contributed by atoms with Gasteiger partial charge in [-0.25, -0.2) is 0 Å². The van der Waals surface area contributed by atoms with Crippen molar-refractivity contribution in [2.45, 2.75) is 65.2 Å². The fourth-order valence-electron chi connectivity index (χ4n) is 1.84. The van der Waals surface area contributed by atoms with Crippen LogP contribution < -0.4 is 0 Å². The molecule has 0 N–H and O–H groups in total. The standard InChI is InChI=1S/C13H26O2/c1-3-5-7-8-10-13(9-6-4-2)11-15-12-14/h12-13H,3-11H2,1-2H3. The highest BCUT2D eigenvalue weighted by Crippen LogP contribution is 2.17. The highest BCUT2D eigenvalue weighted by atomic mass is 16.5. The molecule has 0 rings (SSSR count). The number of rotatable bonds is 11. The Bertz CT molecular complexity index is 134. The predicted molar refractivity (Wildman–Crippen MR) is 63.8 cm³/mol. The minimum atomic E-state index is 0.574. The molecule has 0 amide bonds. The van der Waals surface area contributed by atoms with E-state index >= 15 is 0 Å². The van der Waals surface area contributed by atoms with Crippen molar-refractivity contribution in [3.05, 3.63) is 0 Å². The Balaban J connectivity index is 3.53. The van der Waals surface area contributed by atoms with Crippen LogP contribution in [-0.2, 0) is 9.53 Å². The van der Waals surface area contributed by atoms with E-state index in [9.17, 15) is 4.79 Å². The van der Waals surface area contributed by atoms with Crippen LogP contribution in [0.4, 0.5) is 0 Å².